The van der Waals surface area contributed by atoms with Crippen LogP contribution < -0.4 is 14.6 Å². The molecule has 0 saturated carbocycles. The molecule has 0 bridgehead atoms. The molecule has 1 aliphatic heterocycles. The Kier molecular flexibility index (Phi) is 4.77. The lowest BCUT2D eigenvalue weighted by Gasteiger charge is -2.26. The van der Waals surface area contributed by atoms with Crippen LogP contribution in [0.3, 0.4) is 0 Å². The van der Waals surface area contributed by atoms with Gasteiger partial charge in [0.15, 0.2) is 0 Å². The average molecular weight is 359 g/mol. The Hall–Kier alpha value is 0.920. The van der Waals surface area contributed by atoms with Gasteiger partial charge >= 0.3 is 0 Å². The fraction of sp³-hybridized carbons (Fsp3) is 0. The van der Waals surface area contributed by atoms with Crippen LogP contribution in [0.5, 0.6) is 5.75 Å². The van der Waals surface area contributed by atoms with E-state index in [0.29, 0.717) is 26.6 Å². The van der Waals surface area contributed by atoms with Gasteiger partial charge in [-0.1, -0.05) is 4.60 Å². The summed E-state index contributed by atoms with van der Waals surface area (Å²) in [6.07, 6.45) is 0. The zero-order valence-corrected chi connectivity index (χ0v) is 12.2. The molecule has 0 spiro atoms. The van der Waals surface area contributed by atoms with Gasteiger partial charge in [-0.15, -0.1) is 0 Å². The predicted molar refractivity (Wildman–Crippen MR) is 72.8 cm³/mol. The van der Waals surface area contributed by atoms with Gasteiger partial charge in [0, 0.05) is 12.5 Å². The highest BCUT2D eigenvalue weighted by Crippen LogP contribution is 2.37. The summed E-state index contributed by atoms with van der Waals surface area (Å²) in [5, 5.41) is 0. The lowest BCUT2D eigenvalue weighted by Crippen LogP contribution is -2.19. The van der Waals surface area contributed by atoms with Crippen LogP contribution in [-0.4, -0.2) is 4.60 Å². The number of hydrogen-bond acceptors (Lipinski definition) is 4. The predicted octanol–water partition coefficient (Wildman–Crippen LogP) is 2.61. The standard InChI is InChI=1S/C6H9IN3OP3/c7-5-1-3-6(4-2-5)11-10-13-8-12-9-14-10/h1-4,8-9,12-14H. The highest BCUT2D eigenvalue weighted by Gasteiger charge is 2.10. The first-order valence-electron chi connectivity index (χ1n) is 3.84. The first kappa shape index (κ1) is 11.4. The number of halogens is 1. The fourth-order valence-corrected chi connectivity index (χ4v) is 4.83. The minimum atomic E-state index is 0.537. The second kappa shape index (κ2) is 5.86. The van der Waals surface area contributed by atoms with Crippen molar-refractivity contribution in [3.05, 3.63) is 27.8 Å². The minimum Gasteiger partial charge on any atom is -0.397 e. The largest absolute Gasteiger partial charge is 0.397 e. The Morgan fingerprint density at radius 3 is 2.43 bits per heavy atom. The Labute approximate surface area is 102 Å². The number of hydrogen-bond donors (Lipinski definition) is 2. The van der Waals surface area contributed by atoms with Crippen molar-refractivity contribution in [2.75, 3.05) is 0 Å². The maximum absolute atomic E-state index is 5.64. The molecule has 76 valence electrons. The molecule has 0 aliphatic carbocycles. The summed E-state index contributed by atoms with van der Waals surface area (Å²) in [6.45, 7) is 0. The molecular weight excluding hydrogens is 350 g/mol. The third-order valence-corrected chi connectivity index (χ3v) is 5.32. The Morgan fingerprint density at radius 1 is 1.14 bits per heavy atom. The molecule has 0 amide bonds. The van der Waals surface area contributed by atoms with Crippen LogP contribution in [0.2, 0.25) is 0 Å². The molecular formula is C6H9IN3OP3. The first-order chi connectivity index (χ1) is 6.84. The molecule has 14 heavy (non-hydrogen) atoms. The van der Waals surface area contributed by atoms with Crippen LogP contribution in [0.1, 0.15) is 0 Å². The van der Waals surface area contributed by atoms with Crippen LogP contribution in [-0.2, 0) is 0 Å². The first-order valence-corrected chi connectivity index (χ1v) is 7.82. The summed E-state index contributed by atoms with van der Waals surface area (Å²) >= 11 is 2.28. The molecule has 1 aromatic rings. The van der Waals surface area contributed by atoms with Crippen molar-refractivity contribution < 1.29 is 4.84 Å². The monoisotopic (exact) mass is 359 g/mol. The van der Waals surface area contributed by atoms with Crippen molar-refractivity contribution in [3.8, 4) is 5.75 Å². The molecule has 2 atom stereocenters. The van der Waals surface area contributed by atoms with Crippen molar-refractivity contribution in [1.82, 2.24) is 14.3 Å². The molecule has 1 aromatic carbocycles. The third-order valence-electron chi connectivity index (χ3n) is 1.45. The Bertz CT molecular complexity index is 293. The van der Waals surface area contributed by atoms with Crippen molar-refractivity contribution >= 4 is 49.2 Å². The summed E-state index contributed by atoms with van der Waals surface area (Å²) in [7, 11) is 1.72. The number of benzene rings is 1. The van der Waals surface area contributed by atoms with Gasteiger partial charge in [-0.2, -0.15) is 0 Å². The summed E-state index contributed by atoms with van der Waals surface area (Å²) < 4.78 is 3.12. The van der Waals surface area contributed by atoms with Crippen LogP contribution in [0.4, 0.5) is 0 Å². The maximum Gasteiger partial charge on any atom is 0.148 e. The molecule has 1 fully saturated rings. The van der Waals surface area contributed by atoms with Crippen LogP contribution in [0.15, 0.2) is 24.3 Å². The normalized spacial score (nSPS) is 23.2. The minimum absolute atomic E-state index is 0.537. The van der Waals surface area contributed by atoms with Crippen LogP contribution >= 0.6 is 49.2 Å². The molecule has 8 heteroatoms. The summed E-state index contributed by atoms with van der Waals surface area (Å²) in [6, 6.07) is 8.03. The molecule has 1 aliphatic rings. The molecule has 1 heterocycles. The van der Waals surface area contributed by atoms with E-state index in [9.17, 15) is 0 Å². The molecule has 2 unspecified atom stereocenters. The van der Waals surface area contributed by atoms with E-state index < -0.39 is 0 Å². The van der Waals surface area contributed by atoms with Crippen molar-refractivity contribution in [3.63, 3.8) is 0 Å². The maximum atomic E-state index is 5.64. The molecule has 2 N–H and O–H groups in total. The van der Waals surface area contributed by atoms with Gasteiger partial charge in [0.25, 0.3) is 0 Å². The van der Waals surface area contributed by atoms with Crippen molar-refractivity contribution in [2.24, 2.45) is 0 Å². The summed E-state index contributed by atoms with van der Waals surface area (Å²) in [5.41, 5.74) is 0. The lowest BCUT2D eigenvalue weighted by atomic mass is 10.3. The Morgan fingerprint density at radius 2 is 1.79 bits per heavy atom. The van der Waals surface area contributed by atoms with Crippen LogP contribution in [0, 0.1) is 3.57 Å². The molecule has 0 aromatic heterocycles. The zero-order valence-electron chi connectivity index (χ0n) is 7.04. The van der Waals surface area contributed by atoms with Gasteiger partial charge in [-0.05, 0) is 46.9 Å². The van der Waals surface area contributed by atoms with E-state index in [2.05, 4.69) is 32.3 Å². The second-order valence-electron chi connectivity index (χ2n) is 2.44. The van der Waals surface area contributed by atoms with Crippen molar-refractivity contribution in [2.45, 2.75) is 0 Å². The van der Waals surface area contributed by atoms with E-state index in [1.54, 1.807) is 0 Å². The molecule has 4 nitrogen and oxygen atoms in total. The van der Waals surface area contributed by atoms with Gasteiger partial charge in [0.1, 0.15) is 5.75 Å². The average Bonchev–Trinajstić information content (AvgIpc) is 2.23. The van der Waals surface area contributed by atoms with E-state index in [0.717, 1.165) is 5.75 Å². The van der Waals surface area contributed by atoms with Gasteiger partial charge in [0.2, 0.25) is 0 Å². The van der Waals surface area contributed by atoms with Gasteiger partial charge in [0.05, 0.1) is 17.8 Å². The SMILES string of the molecule is Ic1ccc(ON2PNPNP2)cc1. The van der Waals surface area contributed by atoms with Crippen LogP contribution in [0.25, 0.3) is 0 Å². The van der Waals surface area contributed by atoms with E-state index in [1.165, 1.54) is 3.57 Å². The van der Waals surface area contributed by atoms with E-state index in [4.69, 9.17) is 4.84 Å². The lowest BCUT2D eigenvalue weighted by molar-refractivity contribution is 0.146. The van der Waals surface area contributed by atoms with E-state index >= 15 is 0 Å². The van der Waals surface area contributed by atoms with E-state index in [-0.39, 0.29) is 0 Å². The number of rotatable bonds is 2. The van der Waals surface area contributed by atoms with Gasteiger partial charge < -0.3 is 4.84 Å². The number of nitrogens with zero attached hydrogens (tertiary/aromatic N) is 1. The second-order valence-corrected chi connectivity index (χ2v) is 7.64. The Balaban J connectivity index is 1.92. The summed E-state index contributed by atoms with van der Waals surface area (Å²) in [4.78, 5) is 12.1. The van der Waals surface area contributed by atoms with Gasteiger partial charge in [-0.3, -0.25) is 9.72 Å². The highest BCUT2D eigenvalue weighted by atomic mass is 127. The quantitative estimate of drug-likeness (QED) is 0.629. The van der Waals surface area contributed by atoms with Crippen molar-refractivity contribution in [1.29, 1.82) is 0 Å². The topological polar surface area (TPSA) is 36.5 Å². The molecule has 1 saturated heterocycles. The summed E-state index contributed by atoms with van der Waals surface area (Å²) in [5.74, 6) is 0.888. The van der Waals surface area contributed by atoms with Gasteiger partial charge in [-0.25, -0.2) is 0 Å². The molecule has 0 radical (unpaired) electrons. The smallest absolute Gasteiger partial charge is 0.148 e. The van der Waals surface area contributed by atoms with E-state index in [1.807, 2.05) is 28.9 Å². The fourth-order valence-electron chi connectivity index (χ4n) is 0.863. The zero-order chi connectivity index (χ0) is 9.80. The highest BCUT2D eigenvalue weighted by molar-refractivity contribution is 14.1. The molecule has 2 rings (SSSR count). The number of nitrogens with one attached hydrogen (secondary N) is 2. The third kappa shape index (κ3) is 3.49.